The van der Waals surface area contributed by atoms with Crippen LogP contribution in [0.4, 0.5) is 0 Å². The summed E-state index contributed by atoms with van der Waals surface area (Å²) in [6, 6.07) is 7.29. The number of carbonyl (C=O) groups excluding carboxylic acids is 2. The lowest BCUT2D eigenvalue weighted by Gasteiger charge is -2.32. The fourth-order valence-electron chi connectivity index (χ4n) is 2.49. The molecule has 0 radical (unpaired) electrons. The van der Waals surface area contributed by atoms with Crippen LogP contribution < -0.4 is 11.1 Å². The number of nitrogens with two attached hydrogens (primary N) is 1. The second-order valence-corrected chi connectivity index (χ2v) is 6.09. The van der Waals surface area contributed by atoms with Gasteiger partial charge in [0.15, 0.2) is 0 Å². The summed E-state index contributed by atoms with van der Waals surface area (Å²) in [6.45, 7) is 2.09. The van der Waals surface area contributed by atoms with Gasteiger partial charge in [-0.25, -0.2) is 0 Å². The van der Waals surface area contributed by atoms with Gasteiger partial charge in [0.25, 0.3) is 5.91 Å². The largest absolute Gasteiger partial charge is 0.355 e. The molecule has 1 aromatic rings. The predicted molar refractivity (Wildman–Crippen MR) is 92.1 cm³/mol. The molecule has 1 unspecified atom stereocenters. The maximum absolute atomic E-state index is 12.5. The topological polar surface area (TPSA) is 75.4 Å². The number of carbonyl (C=O) groups is 2. The van der Waals surface area contributed by atoms with Crippen LogP contribution >= 0.6 is 28.3 Å². The molecule has 0 spiro atoms. The van der Waals surface area contributed by atoms with Gasteiger partial charge >= 0.3 is 0 Å². The van der Waals surface area contributed by atoms with Crippen LogP contribution in [0.25, 0.3) is 0 Å². The molecule has 1 aliphatic rings. The Morgan fingerprint density at radius 2 is 2.00 bits per heavy atom. The van der Waals surface area contributed by atoms with Crippen molar-refractivity contribution in [3.05, 3.63) is 34.3 Å². The summed E-state index contributed by atoms with van der Waals surface area (Å²) in [5, 5.41) is 2.80. The molecule has 1 heterocycles. The third kappa shape index (κ3) is 4.97. The third-order valence-corrected chi connectivity index (χ3v) is 4.14. The maximum Gasteiger partial charge on any atom is 0.253 e. The van der Waals surface area contributed by atoms with E-state index in [1.807, 2.05) is 12.1 Å². The number of halogens is 2. The third-order valence-electron chi connectivity index (χ3n) is 3.61. The lowest BCUT2D eigenvalue weighted by molar-refractivity contribution is -0.126. The molecule has 0 saturated carbocycles. The van der Waals surface area contributed by atoms with Crippen LogP contribution in [0.3, 0.4) is 0 Å². The number of rotatable bonds is 4. The van der Waals surface area contributed by atoms with Crippen molar-refractivity contribution in [2.45, 2.75) is 12.8 Å². The summed E-state index contributed by atoms with van der Waals surface area (Å²) >= 11 is 3.36. The Balaban J connectivity index is 0.00000242. The number of likely N-dealkylation sites (tertiary alicyclic amines) is 1. The molecule has 0 aromatic heterocycles. The van der Waals surface area contributed by atoms with E-state index in [9.17, 15) is 9.59 Å². The molecule has 1 aromatic carbocycles. The van der Waals surface area contributed by atoms with Crippen LogP contribution in [-0.4, -0.2) is 42.9 Å². The lowest BCUT2D eigenvalue weighted by atomic mass is 9.96. The number of nitrogens with one attached hydrogen (secondary N) is 1. The zero-order valence-electron chi connectivity index (χ0n) is 12.3. The Kier molecular flexibility index (Phi) is 7.85. The first-order valence-corrected chi connectivity index (χ1v) is 7.93. The molecule has 0 aliphatic carbocycles. The smallest absolute Gasteiger partial charge is 0.253 e. The van der Waals surface area contributed by atoms with Gasteiger partial charge in [0.2, 0.25) is 5.91 Å². The van der Waals surface area contributed by atoms with Crippen LogP contribution in [0.1, 0.15) is 23.2 Å². The highest BCUT2D eigenvalue weighted by Gasteiger charge is 2.28. The van der Waals surface area contributed by atoms with E-state index in [1.54, 1.807) is 17.0 Å². The Morgan fingerprint density at radius 3 is 2.64 bits per heavy atom. The highest BCUT2D eigenvalue weighted by Crippen LogP contribution is 2.19. The van der Waals surface area contributed by atoms with E-state index in [4.69, 9.17) is 5.73 Å². The highest BCUT2D eigenvalue weighted by atomic mass is 79.9. The minimum atomic E-state index is -0.135. The van der Waals surface area contributed by atoms with Crippen LogP contribution in [0.15, 0.2) is 28.7 Å². The van der Waals surface area contributed by atoms with Gasteiger partial charge in [-0.3, -0.25) is 9.59 Å². The van der Waals surface area contributed by atoms with Crippen LogP contribution in [-0.2, 0) is 4.79 Å². The average Bonchev–Trinajstić information content (AvgIpc) is 2.52. The van der Waals surface area contributed by atoms with E-state index in [0.29, 0.717) is 31.7 Å². The molecule has 2 amide bonds. The number of piperidine rings is 1. The zero-order chi connectivity index (χ0) is 15.2. The van der Waals surface area contributed by atoms with Gasteiger partial charge in [-0.05, 0) is 37.1 Å². The quantitative estimate of drug-likeness (QED) is 0.823. The van der Waals surface area contributed by atoms with Gasteiger partial charge in [-0.1, -0.05) is 15.9 Å². The summed E-state index contributed by atoms with van der Waals surface area (Å²) in [5.41, 5.74) is 6.04. The summed E-state index contributed by atoms with van der Waals surface area (Å²) in [4.78, 5) is 26.2. The van der Waals surface area contributed by atoms with Crippen molar-refractivity contribution < 1.29 is 9.59 Å². The summed E-state index contributed by atoms with van der Waals surface area (Å²) in [7, 11) is 0. The summed E-state index contributed by atoms with van der Waals surface area (Å²) in [6.07, 6.45) is 1.67. The molecule has 2 rings (SSSR count). The van der Waals surface area contributed by atoms with E-state index in [0.717, 1.165) is 17.3 Å². The number of nitrogens with zero attached hydrogens (tertiary/aromatic N) is 1. The van der Waals surface area contributed by atoms with Crippen molar-refractivity contribution in [2.75, 3.05) is 26.2 Å². The molecule has 1 fully saturated rings. The lowest BCUT2D eigenvalue weighted by Crippen LogP contribution is -2.46. The van der Waals surface area contributed by atoms with Gasteiger partial charge in [0.05, 0.1) is 5.92 Å². The van der Waals surface area contributed by atoms with E-state index < -0.39 is 0 Å². The molecule has 5 nitrogen and oxygen atoms in total. The maximum atomic E-state index is 12.5. The van der Waals surface area contributed by atoms with Gasteiger partial charge in [-0.2, -0.15) is 0 Å². The van der Waals surface area contributed by atoms with Crippen molar-refractivity contribution >= 4 is 40.2 Å². The van der Waals surface area contributed by atoms with Crippen LogP contribution in [0, 0.1) is 5.92 Å². The van der Waals surface area contributed by atoms with Gasteiger partial charge in [0, 0.05) is 36.2 Å². The van der Waals surface area contributed by atoms with Crippen LogP contribution in [0.5, 0.6) is 0 Å². The van der Waals surface area contributed by atoms with Crippen LogP contribution in [0.2, 0.25) is 0 Å². The van der Waals surface area contributed by atoms with Gasteiger partial charge < -0.3 is 16.0 Å². The van der Waals surface area contributed by atoms with Crippen molar-refractivity contribution in [3.63, 3.8) is 0 Å². The summed E-state index contributed by atoms with van der Waals surface area (Å²) in [5.74, 6) is -0.155. The monoisotopic (exact) mass is 389 g/mol. The van der Waals surface area contributed by atoms with E-state index in [-0.39, 0.29) is 30.1 Å². The van der Waals surface area contributed by atoms with E-state index in [1.165, 1.54) is 0 Å². The van der Waals surface area contributed by atoms with E-state index in [2.05, 4.69) is 21.2 Å². The standard InChI is InChI=1S/C15H20BrN3O2.ClH/c16-13-5-3-11(4-6-13)15(21)19-9-1-2-12(10-19)14(20)18-8-7-17;/h3-6,12H,1-2,7-10,17H2,(H,18,20);1H. The van der Waals surface area contributed by atoms with Crippen molar-refractivity contribution in [2.24, 2.45) is 11.7 Å². The Hall–Kier alpha value is -1.11. The first kappa shape index (κ1) is 18.9. The van der Waals surface area contributed by atoms with Crippen molar-refractivity contribution in [3.8, 4) is 0 Å². The molecule has 3 N–H and O–H groups in total. The first-order chi connectivity index (χ1) is 10.1. The highest BCUT2D eigenvalue weighted by molar-refractivity contribution is 9.10. The molecular weight excluding hydrogens is 370 g/mol. The first-order valence-electron chi connectivity index (χ1n) is 7.14. The number of hydrogen-bond acceptors (Lipinski definition) is 3. The predicted octanol–water partition coefficient (Wildman–Crippen LogP) is 1.80. The second-order valence-electron chi connectivity index (χ2n) is 5.18. The minimum absolute atomic E-state index is 0. The summed E-state index contributed by atoms with van der Waals surface area (Å²) < 4.78 is 0.941. The average molecular weight is 391 g/mol. The van der Waals surface area contributed by atoms with Gasteiger partial charge in [0.1, 0.15) is 0 Å². The molecule has 1 aliphatic heterocycles. The fourth-order valence-corrected chi connectivity index (χ4v) is 2.75. The SMILES string of the molecule is Cl.NCCNC(=O)C1CCCN(C(=O)c2ccc(Br)cc2)C1. The Bertz CT molecular complexity index is 510. The molecule has 7 heteroatoms. The molecule has 22 heavy (non-hydrogen) atoms. The number of amides is 2. The minimum Gasteiger partial charge on any atom is -0.355 e. The van der Waals surface area contributed by atoms with E-state index >= 15 is 0 Å². The molecule has 122 valence electrons. The Labute approximate surface area is 145 Å². The fraction of sp³-hybridized carbons (Fsp3) is 0.467. The normalized spacial score (nSPS) is 17.5. The van der Waals surface area contributed by atoms with Crippen molar-refractivity contribution in [1.29, 1.82) is 0 Å². The molecule has 1 atom stereocenters. The van der Waals surface area contributed by atoms with Gasteiger partial charge in [-0.15, -0.1) is 12.4 Å². The zero-order valence-corrected chi connectivity index (χ0v) is 14.7. The number of hydrogen-bond donors (Lipinski definition) is 2. The second kappa shape index (κ2) is 9.12. The molecule has 0 bridgehead atoms. The number of benzene rings is 1. The molecule has 1 saturated heterocycles. The molecular formula is C15H21BrClN3O2. The van der Waals surface area contributed by atoms with Crippen molar-refractivity contribution in [1.82, 2.24) is 10.2 Å². The Morgan fingerprint density at radius 1 is 1.32 bits per heavy atom.